The lowest BCUT2D eigenvalue weighted by molar-refractivity contribution is -0.118. The minimum atomic E-state index is -3.02. The van der Waals surface area contributed by atoms with Gasteiger partial charge >= 0.3 is 0 Å². The summed E-state index contributed by atoms with van der Waals surface area (Å²) >= 11 is 1.50. The summed E-state index contributed by atoms with van der Waals surface area (Å²) in [5, 5.41) is 13.3. The third kappa shape index (κ3) is 7.09. The molecule has 4 heterocycles. The number of rotatable bonds is 12. The SMILES string of the molecule is CS(=O)(=O)CCNCc1cccc(Nc2nccc(-c3c(-c4cccc(C(C(N)=O)c5cccs5)c4)nn4ccccc34)n2)c1. The fraction of sp³-hybridized carbons (Fsp3) is 0.152. The number of thiophene rings is 1. The van der Waals surface area contributed by atoms with Crippen LogP contribution in [0.4, 0.5) is 11.6 Å². The summed E-state index contributed by atoms with van der Waals surface area (Å²) in [4.78, 5) is 22.8. The Morgan fingerprint density at radius 1 is 1.02 bits per heavy atom. The van der Waals surface area contributed by atoms with E-state index in [0.717, 1.165) is 38.3 Å². The molecule has 6 rings (SSSR count). The van der Waals surface area contributed by atoms with E-state index in [1.807, 2.05) is 101 Å². The predicted molar refractivity (Wildman–Crippen MR) is 178 cm³/mol. The van der Waals surface area contributed by atoms with Crippen molar-refractivity contribution in [3.05, 3.63) is 119 Å². The smallest absolute Gasteiger partial charge is 0.230 e. The fourth-order valence-corrected chi connectivity index (χ4v) is 6.55. The maximum Gasteiger partial charge on any atom is 0.230 e. The third-order valence-electron chi connectivity index (χ3n) is 7.22. The van der Waals surface area contributed by atoms with Crippen LogP contribution in [0.3, 0.4) is 0 Å². The number of anilines is 2. The van der Waals surface area contributed by atoms with Crippen LogP contribution in [0.15, 0.2) is 103 Å². The molecule has 0 aliphatic carbocycles. The number of hydrogen-bond acceptors (Lipinski definition) is 9. The second-order valence-corrected chi connectivity index (χ2v) is 13.9. The number of nitrogens with one attached hydrogen (secondary N) is 2. The Labute approximate surface area is 264 Å². The number of sulfone groups is 1. The van der Waals surface area contributed by atoms with Crippen molar-refractivity contribution in [3.63, 3.8) is 0 Å². The van der Waals surface area contributed by atoms with Gasteiger partial charge in [-0.15, -0.1) is 11.3 Å². The lowest BCUT2D eigenvalue weighted by Crippen LogP contribution is -2.21. The molecule has 12 heteroatoms. The first-order valence-corrected chi connectivity index (χ1v) is 17.2. The number of carbonyl (C=O) groups is 1. The Balaban J connectivity index is 1.32. The minimum Gasteiger partial charge on any atom is -0.369 e. The molecule has 1 atom stereocenters. The summed E-state index contributed by atoms with van der Waals surface area (Å²) in [5.74, 6) is -0.478. The van der Waals surface area contributed by atoms with E-state index in [1.165, 1.54) is 17.6 Å². The number of carbonyl (C=O) groups excluding carboxylic acids is 1. The summed E-state index contributed by atoms with van der Waals surface area (Å²) < 4.78 is 24.6. The van der Waals surface area contributed by atoms with Gasteiger partial charge in [0.15, 0.2) is 0 Å². The van der Waals surface area contributed by atoms with Crippen LogP contribution in [0.2, 0.25) is 0 Å². The number of hydrogen-bond donors (Lipinski definition) is 3. The highest BCUT2D eigenvalue weighted by molar-refractivity contribution is 7.90. The normalized spacial score (nSPS) is 12.3. The molecule has 0 aliphatic rings. The zero-order valence-corrected chi connectivity index (χ0v) is 26.1. The monoisotopic (exact) mass is 637 g/mol. The van der Waals surface area contributed by atoms with Crippen LogP contribution in [0, 0.1) is 0 Å². The van der Waals surface area contributed by atoms with Crippen LogP contribution in [-0.2, 0) is 21.2 Å². The van der Waals surface area contributed by atoms with E-state index in [2.05, 4.69) is 15.6 Å². The summed E-state index contributed by atoms with van der Waals surface area (Å²) in [6, 6.07) is 27.1. The number of nitrogens with two attached hydrogens (primary N) is 1. The van der Waals surface area contributed by atoms with Crippen molar-refractivity contribution >= 4 is 44.2 Å². The van der Waals surface area contributed by atoms with E-state index in [4.69, 9.17) is 15.8 Å². The molecular formula is C33H31N7O3S2. The van der Waals surface area contributed by atoms with E-state index >= 15 is 0 Å². The van der Waals surface area contributed by atoms with Gasteiger partial charge < -0.3 is 16.4 Å². The zero-order valence-electron chi connectivity index (χ0n) is 24.4. The molecule has 0 saturated carbocycles. The third-order valence-corrected chi connectivity index (χ3v) is 9.10. The minimum absolute atomic E-state index is 0.0851. The molecule has 0 fully saturated rings. The second kappa shape index (κ2) is 13.0. The molecule has 45 heavy (non-hydrogen) atoms. The van der Waals surface area contributed by atoms with E-state index < -0.39 is 21.7 Å². The molecule has 1 amide bonds. The van der Waals surface area contributed by atoms with Gasteiger partial charge in [-0.1, -0.05) is 42.5 Å². The molecule has 2 aromatic carbocycles. The molecule has 228 valence electrons. The highest BCUT2D eigenvalue weighted by Crippen LogP contribution is 2.37. The van der Waals surface area contributed by atoms with Gasteiger partial charge in [-0.2, -0.15) is 5.10 Å². The number of primary amides is 1. The molecule has 4 N–H and O–H groups in total. The van der Waals surface area contributed by atoms with Crippen LogP contribution in [0.5, 0.6) is 0 Å². The Morgan fingerprint density at radius 3 is 2.69 bits per heavy atom. The van der Waals surface area contributed by atoms with Gasteiger partial charge in [0.2, 0.25) is 11.9 Å². The summed E-state index contributed by atoms with van der Waals surface area (Å²) in [5.41, 5.74) is 12.4. The number of benzene rings is 2. The van der Waals surface area contributed by atoms with Gasteiger partial charge in [0, 0.05) is 47.9 Å². The molecule has 0 bridgehead atoms. The molecule has 1 unspecified atom stereocenters. The molecular weight excluding hydrogens is 607 g/mol. The Hall–Kier alpha value is -4.91. The summed E-state index contributed by atoms with van der Waals surface area (Å²) in [7, 11) is -3.02. The average molecular weight is 638 g/mol. The molecule has 4 aromatic heterocycles. The van der Waals surface area contributed by atoms with Crippen LogP contribution >= 0.6 is 11.3 Å². The van der Waals surface area contributed by atoms with Gasteiger partial charge in [-0.3, -0.25) is 4.79 Å². The molecule has 0 radical (unpaired) electrons. The Kier molecular flexibility index (Phi) is 8.69. The molecule has 0 aliphatic heterocycles. The first-order valence-electron chi connectivity index (χ1n) is 14.2. The largest absolute Gasteiger partial charge is 0.369 e. The number of nitrogens with zero attached hydrogens (tertiary/aromatic N) is 4. The number of aromatic nitrogens is 4. The molecule has 0 saturated heterocycles. The van der Waals surface area contributed by atoms with Gasteiger partial charge in [0.1, 0.15) is 15.5 Å². The van der Waals surface area contributed by atoms with Crippen molar-refractivity contribution in [1.82, 2.24) is 24.9 Å². The van der Waals surface area contributed by atoms with E-state index in [9.17, 15) is 13.2 Å². The highest BCUT2D eigenvalue weighted by atomic mass is 32.2. The van der Waals surface area contributed by atoms with Crippen LogP contribution in [-0.4, -0.2) is 52.5 Å². The summed E-state index contributed by atoms with van der Waals surface area (Å²) in [6.07, 6.45) is 4.82. The van der Waals surface area contributed by atoms with Crippen molar-refractivity contribution in [1.29, 1.82) is 0 Å². The number of fused-ring (bicyclic) bond motifs is 1. The maximum atomic E-state index is 12.5. The van der Waals surface area contributed by atoms with Crippen molar-refractivity contribution in [2.24, 2.45) is 5.73 Å². The van der Waals surface area contributed by atoms with Crippen LogP contribution in [0.1, 0.15) is 21.9 Å². The van der Waals surface area contributed by atoms with Crippen LogP contribution < -0.4 is 16.4 Å². The molecule has 0 spiro atoms. The lowest BCUT2D eigenvalue weighted by Gasteiger charge is -2.13. The van der Waals surface area contributed by atoms with Gasteiger partial charge in [-0.25, -0.2) is 22.9 Å². The standard InChI is InChI=1S/C33H31N7O3S2/c1-45(42,43)18-15-35-21-22-7-4-10-25(19-22)37-33-36-14-13-26(38-33)30-27-11-2-3-16-40(27)39-31(30)24-9-5-8-23(20-24)29(32(34)41)28-12-6-17-44-28/h2-14,16-17,19-20,29,35H,15,18,21H2,1H3,(H2,34,41)(H,36,37,38). The molecule has 10 nitrogen and oxygen atoms in total. The zero-order chi connectivity index (χ0) is 31.4. The Bertz CT molecular complexity index is 2080. The molecule has 6 aromatic rings. The van der Waals surface area contributed by atoms with E-state index in [0.29, 0.717) is 30.4 Å². The van der Waals surface area contributed by atoms with Crippen LogP contribution in [0.25, 0.3) is 28.0 Å². The van der Waals surface area contributed by atoms with Crippen molar-refractivity contribution in [3.8, 4) is 22.5 Å². The van der Waals surface area contributed by atoms with Crippen molar-refractivity contribution in [2.45, 2.75) is 12.5 Å². The number of amides is 1. The van der Waals surface area contributed by atoms with E-state index in [-0.39, 0.29) is 5.75 Å². The number of pyridine rings is 1. The average Bonchev–Trinajstić information content (AvgIpc) is 3.68. The van der Waals surface area contributed by atoms with E-state index in [1.54, 1.807) is 6.20 Å². The first-order chi connectivity index (χ1) is 21.7. The quantitative estimate of drug-likeness (QED) is 0.159. The highest BCUT2D eigenvalue weighted by Gasteiger charge is 2.24. The fourth-order valence-electron chi connectivity index (χ4n) is 5.18. The maximum absolute atomic E-state index is 12.5. The van der Waals surface area contributed by atoms with Gasteiger partial charge in [0.25, 0.3) is 0 Å². The summed E-state index contributed by atoms with van der Waals surface area (Å²) in [6.45, 7) is 0.906. The topological polar surface area (TPSA) is 144 Å². The lowest BCUT2D eigenvalue weighted by atomic mass is 9.93. The predicted octanol–water partition coefficient (Wildman–Crippen LogP) is 5.01. The van der Waals surface area contributed by atoms with Crippen molar-refractivity contribution < 1.29 is 13.2 Å². The second-order valence-electron chi connectivity index (χ2n) is 10.6. The Morgan fingerprint density at radius 2 is 1.89 bits per heavy atom. The van der Waals surface area contributed by atoms with Crippen molar-refractivity contribution in [2.75, 3.05) is 23.9 Å². The van der Waals surface area contributed by atoms with Gasteiger partial charge in [-0.05, 0) is 59.0 Å². The first kappa shape index (κ1) is 30.1. The van der Waals surface area contributed by atoms with Gasteiger partial charge in [0.05, 0.1) is 28.4 Å².